The van der Waals surface area contributed by atoms with Gasteiger partial charge in [0, 0.05) is 44.2 Å². The van der Waals surface area contributed by atoms with E-state index < -0.39 is 254 Å². The molecule has 0 fully saturated rings. The van der Waals surface area contributed by atoms with E-state index in [1.54, 1.807) is 0 Å². The molecule has 8 aromatic carbocycles. The second-order valence-corrected chi connectivity index (χ2v) is 11.0. The lowest BCUT2D eigenvalue weighted by Gasteiger charge is -2.27. The van der Waals surface area contributed by atoms with Crippen LogP contribution >= 0.6 is 0 Å². The first kappa shape index (κ1) is 13.6. The Bertz CT molecular complexity index is 4410. The lowest BCUT2D eigenvalue weighted by atomic mass is 9.99. The topological polar surface area (TPSA) is 55.1 Å². The van der Waals surface area contributed by atoms with E-state index >= 15 is 0 Å². The Labute approximate surface area is 353 Å². The van der Waals surface area contributed by atoms with E-state index in [-0.39, 0.29) is 16.5 Å². The van der Waals surface area contributed by atoms with Gasteiger partial charge in [0.25, 0.3) is 0 Å². The predicted octanol–water partition coefficient (Wildman–Crippen LogP) is 13.1. The van der Waals surface area contributed by atoms with Gasteiger partial charge >= 0.3 is 0 Å². The number of aromatic nitrogens is 3. The number of nitrogens with zero attached hydrogens (tertiary/aromatic N) is 4. The molecule has 0 aliphatic rings. The van der Waals surface area contributed by atoms with Crippen LogP contribution in [0.3, 0.4) is 0 Å². The lowest BCUT2D eigenvalue weighted by Crippen LogP contribution is -2.10. The summed E-state index contributed by atoms with van der Waals surface area (Å²) in [4.78, 5) is 13.9. The molecule has 0 radical (unpaired) electrons. The average Bonchev–Trinajstić information content (AvgIpc) is 3.94. The first-order valence-corrected chi connectivity index (χ1v) is 15.7. The Morgan fingerprint density at radius 2 is 0.981 bits per heavy atom. The standard InChI is InChI=1S/C49H32N4O/c1-5-16-33(17-6-1)34-28-30-39(31-29-34)53(38-23-11-4-12-24-38)45-40-25-14-13-22-37(40)32-42-44-41(26-15-27-43(44)54-46(42)45)49-51-47(35-18-7-2-8-19-35)50-48(52-49)36-20-9-3-10-21-36/h1-32H/i1D,2D,3D,4D,5D,6D,7D,8D,9D,10D,11D,12D,13D,14D,16D,17D,18D,19D,20D,21D,22D,23D,24D,25D,28D,29D,30D,31D,32D. The number of hydrogen-bond acceptors (Lipinski definition) is 5. The van der Waals surface area contributed by atoms with Crippen molar-refractivity contribution >= 4 is 49.8 Å². The minimum Gasteiger partial charge on any atom is -0.454 e. The summed E-state index contributed by atoms with van der Waals surface area (Å²) in [7, 11) is 0. The van der Waals surface area contributed by atoms with Crippen LogP contribution in [0, 0.1) is 0 Å². The minimum atomic E-state index is -1.18. The average molecular weight is 722 g/mol. The summed E-state index contributed by atoms with van der Waals surface area (Å²) < 4.78 is 263. The molecule has 0 aliphatic carbocycles. The molecule has 10 rings (SSSR count). The van der Waals surface area contributed by atoms with Crippen LogP contribution in [0.5, 0.6) is 0 Å². The molecule has 0 atom stereocenters. The van der Waals surface area contributed by atoms with Crippen LogP contribution < -0.4 is 4.90 Å². The molecule has 0 saturated carbocycles. The normalized spacial score (nSPS) is 18.9. The summed E-state index contributed by atoms with van der Waals surface area (Å²) in [6.45, 7) is 0. The smallest absolute Gasteiger partial charge is 0.164 e. The van der Waals surface area contributed by atoms with Crippen molar-refractivity contribution in [3.63, 3.8) is 0 Å². The highest BCUT2D eigenvalue weighted by Gasteiger charge is 2.25. The summed E-state index contributed by atoms with van der Waals surface area (Å²) in [6, 6.07) is -23.8. The molecule has 0 unspecified atom stereocenters. The molecule has 0 saturated heterocycles. The largest absolute Gasteiger partial charge is 0.454 e. The van der Waals surface area contributed by atoms with Crippen molar-refractivity contribution < 1.29 is 44.2 Å². The Balaban J connectivity index is 1.44. The van der Waals surface area contributed by atoms with Gasteiger partial charge in [-0.2, -0.15) is 0 Å². The van der Waals surface area contributed by atoms with Gasteiger partial charge in [0.15, 0.2) is 23.1 Å². The first-order chi connectivity index (χ1) is 38.8. The zero-order valence-corrected chi connectivity index (χ0v) is 26.9. The second-order valence-electron chi connectivity index (χ2n) is 11.0. The molecule has 254 valence electrons. The van der Waals surface area contributed by atoms with Crippen LogP contribution in [0.2, 0.25) is 0 Å². The van der Waals surface area contributed by atoms with Crippen LogP contribution in [-0.2, 0) is 0 Å². The molecule has 54 heavy (non-hydrogen) atoms. The first-order valence-electron chi connectivity index (χ1n) is 30.2. The summed E-state index contributed by atoms with van der Waals surface area (Å²) in [5, 5.41) is -2.22. The zero-order chi connectivity index (χ0) is 61.1. The van der Waals surface area contributed by atoms with Gasteiger partial charge in [-0.3, -0.25) is 0 Å². The lowest BCUT2D eigenvalue weighted by molar-refractivity contribution is 0.669. The summed E-state index contributed by atoms with van der Waals surface area (Å²) >= 11 is 0. The predicted molar refractivity (Wildman–Crippen MR) is 221 cm³/mol. The van der Waals surface area contributed by atoms with E-state index in [1.165, 1.54) is 18.2 Å². The molecule has 0 bridgehead atoms. The maximum Gasteiger partial charge on any atom is 0.164 e. The van der Waals surface area contributed by atoms with Gasteiger partial charge < -0.3 is 9.32 Å². The van der Waals surface area contributed by atoms with E-state index in [4.69, 9.17) is 31.8 Å². The number of anilines is 3. The van der Waals surface area contributed by atoms with Crippen molar-refractivity contribution in [2.45, 2.75) is 0 Å². The van der Waals surface area contributed by atoms with Crippen LogP contribution in [0.4, 0.5) is 17.1 Å². The SMILES string of the molecule is [2H]c1c([2H])c([2H])c(-c2nc(-c3c([2H])c([2H])c([2H])c([2H])c3[2H])nc(-c3cccc4oc5c(N(c6c([2H])c([2H])c([2H])c([2H])c6[2H])c6c([2H])c([2H])c(-c7c([2H])c([2H])c([2H])c([2H])c7[2H])c([2H])c6[2H])c6c([2H])c([2H])c([2H])c([2H])c6c([2H])c5c34)n2)c([2H])c1[2H]. The summed E-state index contributed by atoms with van der Waals surface area (Å²) in [5.41, 5.74) is -7.08. The quantitative estimate of drug-likeness (QED) is 0.164. The maximum absolute atomic E-state index is 9.92. The van der Waals surface area contributed by atoms with E-state index in [0.29, 0.717) is 4.90 Å². The molecule has 10 aromatic rings. The number of benzene rings is 8. The fraction of sp³-hybridized carbons (Fsp3) is 0. The summed E-state index contributed by atoms with van der Waals surface area (Å²) in [5.74, 6) is -2.02. The van der Waals surface area contributed by atoms with Gasteiger partial charge in [0.05, 0.1) is 45.4 Å². The zero-order valence-electron chi connectivity index (χ0n) is 55.9. The Morgan fingerprint density at radius 3 is 1.63 bits per heavy atom. The number of para-hydroxylation sites is 1. The van der Waals surface area contributed by atoms with Crippen molar-refractivity contribution in [2.75, 3.05) is 4.90 Å². The fourth-order valence-corrected chi connectivity index (χ4v) is 5.71. The van der Waals surface area contributed by atoms with Crippen molar-refractivity contribution in [3.05, 3.63) is 193 Å². The van der Waals surface area contributed by atoms with E-state index in [0.717, 1.165) is 0 Å². The maximum atomic E-state index is 9.92. The van der Waals surface area contributed by atoms with Crippen LogP contribution in [0.1, 0.15) is 39.8 Å². The monoisotopic (exact) mass is 721 g/mol. The Kier molecular flexibility index (Phi) is 3.34. The molecule has 0 amide bonds. The van der Waals surface area contributed by atoms with Gasteiger partial charge in [0.1, 0.15) is 5.58 Å². The Morgan fingerprint density at radius 1 is 0.463 bits per heavy atom. The van der Waals surface area contributed by atoms with Gasteiger partial charge in [-0.05, 0) is 52.8 Å². The second kappa shape index (κ2) is 13.3. The number of fused-ring (bicyclic) bond motifs is 4. The third-order valence-corrected chi connectivity index (χ3v) is 7.95. The van der Waals surface area contributed by atoms with Crippen LogP contribution in [0.15, 0.2) is 198 Å². The highest BCUT2D eigenvalue weighted by molar-refractivity contribution is 6.22. The van der Waals surface area contributed by atoms with Crippen molar-refractivity contribution in [1.82, 2.24) is 15.0 Å². The summed E-state index contributed by atoms with van der Waals surface area (Å²) in [6.07, 6.45) is 0. The van der Waals surface area contributed by atoms with E-state index in [2.05, 4.69) is 15.0 Å². The Hall–Kier alpha value is -7.37. The molecule has 0 N–H and O–H groups in total. The van der Waals surface area contributed by atoms with Crippen molar-refractivity contribution in [1.29, 1.82) is 0 Å². The minimum absolute atomic E-state index is 0.271. The van der Waals surface area contributed by atoms with E-state index in [9.17, 15) is 12.3 Å². The van der Waals surface area contributed by atoms with Crippen LogP contribution in [-0.4, -0.2) is 15.0 Å². The third kappa shape index (κ3) is 5.56. The molecule has 0 spiro atoms. The molecule has 2 aromatic heterocycles. The molecular formula is C49H32N4O. The molecule has 5 nitrogen and oxygen atoms in total. The van der Waals surface area contributed by atoms with Gasteiger partial charge in [-0.1, -0.05) is 157 Å². The van der Waals surface area contributed by atoms with Gasteiger partial charge in [-0.25, -0.2) is 15.0 Å². The molecule has 0 aliphatic heterocycles. The number of hydrogen-bond donors (Lipinski definition) is 0. The van der Waals surface area contributed by atoms with Crippen molar-refractivity contribution in [3.8, 4) is 45.3 Å². The molecular weight excluding hydrogens is 661 g/mol. The number of furan rings is 1. The molecule has 5 heteroatoms. The fourth-order valence-electron chi connectivity index (χ4n) is 5.71. The van der Waals surface area contributed by atoms with E-state index in [1.807, 2.05) is 0 Å². The van der Waals surface area contributed by atoms with Gasteiger partial charge in [0.2, 0.25) is 0 Å². The third-order valence-electron chi connectivity index (χ3n) is 7.95. The van der Waals surface area contributed by atoms with Crippen molar-refractivity contribution in [2.24, 2.45) is 0 Å². The highest BCUT2D eigenvalue weighted by atomic mass is 16.3. The highest BCUT2D eigenvalue weighted by Crippen LogP contribution is 2.48. The van der Waals surface area contributed by atoms with Crippen LogP contribution in [0.25, 0.3) is 78.0 Å². The molecule has 2 heterocycles. The number of rotatable bonds is 7. The van der Waals surface area contributed by atoms with Gasteiger partial charge in [-0.15, -0.1) is 0 Å².